The molecule has 2 N–H and O–H groups in total. The summed E-state index contributed by atoms with van der Waals surface area (Å²) in [6.07, 6.45) is 5.44. The van der Waals surface area contributed by atoms with E-state index in [1.807, 2.05) is 43.5 Å². The molecule has 0 spiro atoms. The molecule has 29 heavy (non-hydrogen) atoms. The summed E-state index contributed by atoms with van der Waals surface area (Å²) in [5.74, 6) is -0.719. The Labute approximate surface area is 173 Å². The number of aliphatic hydroxyl groups excluding tert-OH is 1. The molecule has 1 saturated heterocycles. The van der Waals surface area contributed by atoms with Crippen LogP contribution in [0.5, 0.6) is 0 Å². The summed E-state index contributed by atoms with van der Waals surface area (Å²) in [5, 5.41) is 16.1. The Bertz CT molecular complexity index is 969. The van der Waals surface area contributed by atoms with E-state index in [0.717, 1.165) is 10.7 Å². The Hall–Kier alpha value is -2.29. The summed E-state index contributed by atoms with van der Waals surface area (Å²) >= 11 is 1.58. The molecule has 154 valence electrons. The fraction of sp³-hybridized carbons (Fsp3) is 0.476. The smallest absolute Gasteiger partial charge is 0.258 e. The maximum Gasteiger partial charge on any atom is 0.258 e. The number of amides is 1. The van der Waals surface area contributed by atoms with Crippen molar-refractivity contribution in [3.63, 3.8) is 0 Å². The average Bonchev–Trinajstić information content (AvgIpc) is 3.29. The maximum atomic E-state index is 13.1. The highest BCUT2D eigenvalue weighted by Gasteiger charge is 2.55. The van der Waals surface area contributed by atoms with Gasteiger partial charge in [-0.15, -0.1) is 11.3 Å². The zero-order chi connectivity index (χ0) is 20.5. The number of carbonyl (C=O) groups is 1. The molecule has 2 aliphatic rings. The van der Waals surface area contributed by atoms with E-state index < -0.39 is 5.92 Å². The number of hydrogen-bond donors (Lipinski definition) is 2. The molecule has 1 amide bonds. The van der Waals surface area contributed by atoms with Crippen molar-refractivity contribution in [1.82, 2.24) is 19.8 Å². The van der Waals surface area contributed by atoms with Gasteiger partial charge in [0.1, 0.15) is 5.01 Å². The first-order valence-corrected chi connectivity index (χ1v) is 10.9. The number of thiazole rings is 1. The van der Waals surface area contributed by atoms with E-state index >= 15 is 0 Å². The minimum atomic E-state index is -0.411. The third-order valence-electron chi connectivity index (χ3n) is 6.00. The van der Waals surface area contributed by atoms with Crippen molar-refractivity contribution in [3.05, 3.63) is 56.4 Å². The van der Waals surface area contributed by atoms with Crippen molar-refractivity contribution in [2.75, 3.05) is 13.2 Å². The summed E-state index contributed by atoms with van der Waals surface area (Å²) in [7, 11) is 0. The Balaban J connectivity index is 1.83. The molecule has 2 aromatic rings. The van der Waals surface area contributed by atoms with E-state index in [0.29, 0.717) is 25.2 Å². The Kier molecular flexibility index (Phi) is 5.67. The SMILES string of the molecule is C/C=C\c1ccc2n(c1=O)C[C@@H]1[C@@H](CO)[C@H](C(=O)NCC)[C@H]2N1Cc1nccs1. The third-order valence-corrected chi connectivity index (χ3v) is 6.77. The largest absolute Gasteiger partial charge is 0.396 e. The van der Waals surface area contributed by atoms with Crippen LogP contribution >= 0.6 is 11.3 Å². The first-order valence-electron chi connectivity index (χ1n) is 9.99. The standard InChI is InChI=1S/C21H26N4O3S/c1-3-5-13-6-7-15-19-18(20(27)22-4-2)14(12-26)16(10-25(15)21(13)28)24(19)11-17-23-8-9-29-17/h3,5-9,14,16,18-19,26H,4,10-12H2,1-2H3,(H,22,27)/b5-3-/t14-,16-,18+,19+/m1/s1. The van der Waals surface area contributed by atoms with Crippen molar-refractivity contribution >= 4 is 23.3 Å². The normalized spacial score (nSPS) is 26.0. The summed E-state index contributed by atoms with van der Waals surface area (Å²) in [6.45, 7) is 5.27. The lowest BCUT2D eigenvalue weighted by Crippen LogP contribution is -2.46. The van der Waals surface area contributed by atoms with Gasteiger partial charge in [0.2, 0.25) is 5.91 Å². The molecule has 4 heterocycles. The Morgan fingerprint density at radius 3 is 2.93 bits per heavy atom. The van der Waals surface area contributed by atoms with Gasteiger partial charge < -0.3 is 15.0 Å². The van der Waals surface area contributed by atoms with Crippen LogP contribution in [0.2, 0.25) is 0 Å². The summed E-state index contributed by atoms with van der Waals surface area (Å²) in [4.78, 5) is 32.7. The number of pyridine rings is 1. The van der Waals surface area contributed by atoms with Gasteiger partial charge in [-0.2, -0.15) is 0 Å². The van der Waals surface area contributed by atoms with Gasteiger partial charge in [0, 0.05) is 54.5 Å². The molecule has 0 radical (unpaired) electrons. The number of allylic oxidation sites excluding steroid dienone is 1. The molecule has 8 heteroatoms. The van der Waals surface area contributed by atoms with Crippen LogP contribution < -0.4 is 10.9 Å². The number of nitrogens with one attached hydrogen (secondary N) is 1. The van der Waals surface area contributed by atoms with Gasteiger partial charge in [-0.3, -0.25) is 14.5 Å². The highest BCUT2D eigenvalue weighted by atomic mass is 32.1. The minimum Gasteiger partial charge on any atom is -0.396 e. The van der Waals surface area contributed by atoms with Crippen LogP contribution in [0.1, 0.15) is 36.2 Å². The van der Waals surface area contributed by atoms with Crippen molar-refractivity contribution in [3.8, 4) is 0 Å². The lowest BCUT2D eigenvalue weighted by Gasteiger charge is -2.37. The summed E-state index contributed by atoms with van der Waals surface area (Å²) in [5.41, 5.74) is 1.43. The second kappa shape index (κ2) is 8.22. The number of hydrogen-bond acceptors (Lipinski definition) is 6. The molecular formula is C21H26N4O3S. The van der Waals surface area contributed by atoms with Crippen LogP contribution in [-0.4, -0.2) is 44.7 Å². The Morgan fingerprint density at radius 1 is 1.45 bits per heavy atom. The van der Waals surface area contributed by atoms with Crippen LogP contribution in [0.3, 0.4) is 0 Å². The number of nitrogens with zero attached hydrogens (tertiary/aromatic N) is 3. The monoisotopic (exact) mass is 414 g/mol. The number of carbonyl (C=O) groups excluding carboxylic acids is 1. The lowest BCUT2D eigenvalue weighted by molar-refractivity contribution is -0.127. The van der Waals surface area contributed by atoms with Crippen LogP contribution in [0.4, 0.5) is 0 Å². The van der Waals surface area contributed by atoms with Crippen LogP contribution in [-0.2, 0) is 17.9 Å². The molecule has 1 fully saturated rings. The summed E-state index contributed by atoms with van der Waals surface area (Å²) < 4.78 is 1.80. The van der Waals surface area contributed by atoms with E-state index in [1.165, 1.54) is 0 Å². The quantitative estimate of drug-likeness (QED) is 0.750. The van der Waals surface area contributed by atoms with Gasteiger partial charge >= 0.3 is 0 Å². The van der Waals surface area contributed by atoms with E-state index in [4.69, 9.17) is 0 Å². The fourth-order valence-electron chi connectivity index (χ4n) is 4.84. The summed E-state index contributed by atoms with van der Waals surface area (Å²) in [6, 6.07) is 3.41. The molecule has 0 aromatic carbocycles. The molecule has 2 aliphatic heterocycles. The fourth-order valence-corrected chi connectivity index (χ4v) is 5.47. The first-order chi connectivity index (χ1) is 14.1. The van der Waals surface area contributed by atoms with Gasteiger partial charge in [0.15, 0.2) is 0 Å². The first kappa shape index (κ1) is 20.0. The van der Waals surface area contributed by atoms with E-state index in [2.05, 4.69) is 15.2 Å². The van der Waals surface area contributed by atoms with Crippen molar-refractivity contribution < 1.29 is 9.90 Å². The van der Waals surface area contributed by atoms with Gasteiger partial charge in [-0.25, -0.2) is 4.98 Å². The molecule has 2 bridgehead atoms. The Morgan fingerprint density at radius 2 is 2.28 bits per heavy atom. The maximum absolute atomic E-state index is 13.1. The van der Waals surface area contributed by atoms with E-state index in [9.17, 15) is 14.7 Å². The highest BCUT2D eigenvalue weighted by molar-refractivity contribution is 7.09. The van der Waals surface area contributed by atoms with Gasteiger partial charge in [0.05, 0.1) is 18.5 Å². The molecule has 4 rings (SSSR count). The van der Waals surface area contributed by atoms with Crippen molar-refractivity contribution in [2.24, 2.45) is 11.8 Å². The topological polar surface area (TPSA) is 87.5 Å². The van der Waals surface area contributed by atoms with Gasteiger partial charge in [-0.05, 0) is 26.0 Å². The molecule has 0 unspecified atom stereocenters. The predicted molar refractivity (Wildman–Crippen MR) is 112 cm³/mol. The van der Waals surface area contributed by atoms with E-state index in [-0.39, 0.29) is 36.1 Å². The number of aromatic nitrogens is 2. The van der Waals surface area contributed by atoms with Gasteiger partial charge in [-0.1, -0.05) is 12.2 Å². The third kappa shape index (κ3) is 3.35. The molecule has 4 atom stereocenters. The van der Waals surface area contributed by atoms with Crippen molar-refractivity contribution in [2.45, 2.75) is 39.0 Å². The van der Waals surface area contributed by atoms with Crippen LogP contribution in [0.15, 0.2) is 34.6 Å². The minimum absolute atomic E-state index is 0.0438. The van der Waals surface area contributed by atoms with Crippen molar-refractivity contribution in [1.29, 1.82) is 0 Å². The van der Waals surface area contributed by atoms with E-state index in [1.54, 1.807) is 22.1 Å². The molecule has 0 saturated carbocycles. The van der Waals surface area contributed by atoms with Gasteiger partial charge in [0.25, 0.3) is 5.56 Å². The predicted octanol–water partition coefficient (Wildman–Crippen LogP) is 1.64. The molecule has 0 aliphatic carbocycles. The number of aliphatic hydroxyl groups is 1. The van der Waals surface area contributed by atoms with Crippen LogP contribution in [0, 0.1) is 11.8 Å². The highest BCUT2D eigenvalue weighted by Crippen LogP contribution is 2.49. The lowest BCUT2D eigenvalue weighted by atomic mass is 9.86. The molecule has 7 nitrogen and oxygen atoms in total. The number of fused-ring (bicyclic) bond motifs is 4. The molecular weight excluding hydrogens is 388 g/mol. The zero-order valence-corrected chi connectivity index (χ0v) is 17.4. The van der Waals surface area contributed by atoms with Crippen LogP contribution in [0.25, 0.3) is 6.08 Å². The number of rotatable bonds is 6. The zero-order valence-electron chi connectivity index (χ0n) is 16.6. The average molecular weight is 415 g/mol. The second-order valence-electron chi connectivity index (χ2n) is 7.51. The molecule has 2 aromatic heterocycles. The second-order valence-corrected chi connectivity index (χ2v) is 8.49.